The molecule has 0 radical (unpaired) electrons. The Morgan fingerprint density at radius 1 is 1.41 bits per heavy atom. The van der Waals surface area contributed by atoms with Gasteiger partial charge in [-0.25, -0.2) is 0 Å². The summed E-state index contributed by atoms with van der Waals surface area (Å²) >= 11 is 6.07. The van der Waals surface area contributed by atoms with Gasteiger partial charge in [-0.2, -0.15) is 0 Å². The van der Waals surface area contributed by atoms with Crippen LogP contribution in [0.1, 0.15) is 32.3 Å². The first-order chi connectivity index (χ1) is 10.4. The molecule has 5 heteroatoms. The van der Waals surface area contributed by atoms with Gasteiger partial charge in [-0.3, -0.25) is 4.79 Å². The molecule has 1 aromatic rings. The topological polar surface area (TPSA) is 50.4 Å². The minimum absolute atomic E-state index is 0.0217. The third-order valence-electron chi connectivity index (χ3n) is 4.51. The van der Waals surface area contributed by atoms with Gasteiger partial charge in [0.25, 0.3) is 5.91 Å². The monoisotopic (exact) mass is 324 g/mol. The molecule has 1 heterocycles. The summed E-state index contributed by atoms with van der Waals surface area (Å²) in [5, 5.41) is 7.04. The number of halogens is 1. The highest BCUT2D eigenvalue weighted by Crippen LogP contribution is 2.26. The van der Waals surface area contributed by atoms with Crippen LogP contribution in [-0.4, -0.2) is 38.3 Å². The number of amides is 1. The van der Waals surface area contributed by atoms with Gasteiger partial charge in [0, 0.05) is 24.1 Å². The average molecular weight is 325 g/mol. The van der Waals surface area contributed by atoms with Crippen molar-refractivity contribution < 1.29 is 9.53 Å². The number of piperidine rings is 1. The molecule has 122 valence electrons. The predicted octanol–water partition coefficient (Wildman–Crippen LogP) is 2.50. The van der Waals surface area contributed by atoms with Crippen molar-refractivity contribution in [1.82, 2.24) is 10.6 Å². The van der Waals surface area contributed by atoms with Crippen molar-refractivity contribution in [1.29, 1.82) is 0 Å². The van der Waals surface area contributed by atoms with E-state index in [9.17, 15) is 4.79 Å². The molecule has 22 heavy (non-hydrogen) atoms. The first-order valence-corrected chi connectivity index (χ1v) is 8.08. The normalized spacial score (nSPS) is 18.0. The SMILES string of the molecule is COC1(C(=O)NCC(C)(C)c2cccc(Cl)c2)CCNCC1. The lowest BCUT2D eigenvalue weighted by atomic mass is 9.84. The predicted molar refractivity (Wildman–Crippen MR) is 89.3 cm³/mol. The van der Waals surface area contributed by atoms with E-state index in [1.54, 1.807) is 7.11 Å². The van der Waals surface area contributed by atoms with E-state index in [1.165, 1.54) is 0 Å². The summed E-state index contributed by atoms with van der Waals surface area (Å²) in [5.74, 6) is -0.0217. The van der Waals surface area contributed by atoms with Gasteiger partial charge >= 0.3 is 0 Å². The molecular weight excluding hydrogens is 300 g/mol. The van der Waals surface area contributed by atoms with Crippen LogP contribution in [0.25, 0.3) is 0 Å². The smallest absolute Gasteiger partial charge is 0.252 e. The largest absolute Gasteiger partial charge is 0.368 e. The van der Waals surface area contributed by atoms with E-state index < -0.39 is 5.60 Å². The molecule has 1 aromatic carbocycles. The molecule has 1 fully saturated rings. The Morgan fingerprint density at radius 3 is 2.68 bits per heavy atom. The van der Waals surface area contributed by atoms with Crippen LogP contribution in [0.15, 0.2) is 24.3 Å². The molecule has 1 saturated heterocycles. The van der Waals surface area contributed by atoms with Crippen molar-refractivity contribution in [2.75, 3.05) is 26.7 Å². The molecule has 1 aliphatic heterocycles. The van der Waals surface area contributed by atoms with Gasteiger partial charge in [-0.1, -0.05) is 37.6 Å². The molecule has 1 aliphatic rings. The summed E-state index contributed by atoms with van der Waals surface area (Å²) in [6.07, 6.45) is 1.40. The fourth-order valence-corrected chi connectivity index (χ4v) is 3.02. The Labute approximate surface area is 137 Å². The minimum Gasteiger partial charge on any atom is -0.368 e. The second-order valence-electron chi connectivity index (χ2n) is 6.53. The van der Waals surface area contributed by atoms with Crippen LogP contribution in [0.5, 0.6) is 0 Å². The first kappa shape index (κ1) is 17.3. The highest BCUT2D eigenvalue weighted by atomic mass is 35.5. The maximum atomic E-state index is 12.6. The van der Waals surface area contributed by atoms with E-state index in [2.05, 4.69) is 24.5 Å². The van der Waals surface area contributed by atoms with E-state index in [1.807, 2.05) is 24.3 Å². The van der Waals surface area contributed by atoms with E-state index in [-0.39, 0.29) is 11.3 Å². The zero-order valence-corrected chi connectivity index (χ0v) is 14.3. The first-order valence-electron chi connectivity index (χ1n) is 7.70. The lowest BCUT2D eigenvalue weighted by molar-refractivity contribution is -0.146. The molecule has 0 bridgehead atoms. The van der Waals surface area contributed by atoms with Crippen LogP contribution in [-0.2, 0) is 14.9 Å². The summed E-state index contributed by atoms with van der Waals surface area (Å²) in [7, 11) is 1.62. The molecule has 2 N–H and O–H groups in total. The van der Waals surface area contributed by atoms with Crippen molar-refractivity contribution in [3.8, 4) is 0 Å². The number of carbonyl (C=O) groups is 1. The number of hydrogen-bond acceptors (Lipinski definition) is 3. The summed E-state index contributed by atoms with van der Waals surface area (Å²) in [4.78, 5) is 12.6. The van der Waals surface area contributed by atoms with Crippen molar-refractivity contribution in [3.05, 3.63) is 34.9 Å². The van der Waals surface area contributed by atoms with Crippen LogP contribution in [0, 0.1) is 0 Å². The maximum Gasteiger partial charge on any atom is 0.252 e. The van der Waals surface area contributed by atoms with Crippen LogP contribution >= 0.6 is 11.6 Å². The number of hydrogen-bond donors (Lipinski definition) is 2. The maximum absolute atomic E-state index is 12.6. The van der Waals surface area contributed by atoms with Gasteiger partial charge in [-0.05, 0) is 43.6 Å². The van der Waals surface area contributed by atoms with Gasteiger partial charge in [0.15, 0.2) is 0 Å². The third kappa shape index (κ3) is 3.80. The van der Waals surface area contributed by atoms with Crippen molar-refractivity contribution in [2.45, 2.75) is 37.7 Å². The van der Waals surface area contributed by atoms with Gasteiger partial charge in [0.1, 0.15) is 5.60 Å². The standard InChI is InChI=1S/C17H25ClN2O2/c1-16(2,13-5-4-6-14(18)11-13)12-20-15(21)17(22-3)7-9-19-10-8-17/h4-6,11,19H,7-10,12H2,1-3H3,(H,20,21). The summed E-state index contributed by atoms with van der Waals surface area (Å²) in [6, 6.07) is 7.78. The summed E-state index contributed by atoms with van der Waals surface area (Å²) < 4.78 is 5.56. The number of carbonyl (C=O) groups excluding carboxylic acids is 1. The third-order valence-corrected chi connectivity index (χ3v) is 4.75. The Kier molecular flexibility index (Phi) is 5.48. The molecule has 2 rings (SSSR count). The fourth-order valence-electron chi connectivity index (χ4n) is 2.83. The fraction of sp³-hybridized carbons (Fsp3) is 0.588. The lowest BCUT2D eigenvalue weighted by Gasteiger charge is -2.36. The molecule has 4 nitrogen and oxygen atoms in total. The number of rotatable bonds is 5. The zero-order chi connectivity index (χ0) is 16.2. The van der Waals surface area contributed by atoms with E-state index >= 15 is 0 Å². The van der Waals surface area contributed by atoms with Gasteiger partial charge < -0.3 is 15.4 Å². The van der Waals surface area contributed by atoms with Gasteiger partial charge in [0.05, 0.1) is 0 Å². The lowest BCUT2D eigenvalue weighted by Crippen LogP contribution is -2.55. The summed E-state index contributed by atoms with van der Waals surface area (Å²) in [5.41, 5.74) is 0.218. The number of ether oxygens (including phenoxy) is 1. The van der Waals surface area contributed by atoms with Crippen molar-refractivity contribution in [2.24, 2.45) is 0 Å². The van der Waals surface area contributed by atoms with Crippen molar-refractivity contribution in [3.63, 3.8) is 0 Å². The van der Waals surface area contributed by atoms with E-state index in [4.69, 9.17) is 16.3 Å². The molecular formula is C17H25ClN2O2. The van der Waals surface area contributed by atoms with E-state index in [0.717, 1.165) is 18.7 Å². The second kappa shape index (κ2) is 6.99. The Balaban J connectivity index is 2.03. The average Bonchev–Trinajstić information content (AvgIpc) is 2.53. The van der Waals surface area contributed by atoms with Crippen LogP contribution in [0.4, 0.5) is 0 Å². The quantitative estimate of drug-likeness (QED) is 0.875. The number of methoxy groups -OCH3 is 1. The molecule has 0 aromatic heterocycles. The molecule has 0 saturated carbocycles. The minimum atomic E-state index is -0.699. The molecule has 0 spiro atoms. The van der Waals surface area contributed by atoms with Crippen LogP contribution < -0.4 is 10.6 Å². The summed E-state index contributed by atoms with van der Waals surface area (Å²) in [6.45, 7) is 6.35. The molecule has 1 amide bonds. The molecule has 0 atom stereocenters. The zero-order valence-electron chi connectivity index (χ0n) is 13.5. The van der Waals surface area contributed by atoms with Crippen LogP contribution in [0.3, 0.4) is 0 Å². The highest BCUT2D eigenvalue weighted by Gasteiger charge is 2.40. The Morgan fingerprint density at radius 2 is 2.09 bits per heavy atom. The molecule has 0 unspecified atom stereocenters. The van der Waals surface area contributed by atoms with Gasteiger partial charge in [-0.15, -0.1) is 0 Å². The van der Waals surface area contributed by atoms with Gasteiger partial charge in [0.2, 0.25) is 0 Å². The van der Waals surface area contributed by atoms with Crippen LogP contribution in [0.2, 0.25) is 5.02 Å². The second-order valence-corrected chi connectivity index (χ2v) is 6.96. The Hall–Kier alpha value is -1.10. The molecule has 0 aliphatic carbocycles. The number of nitrogens with one attached hydrogen (secondary N) is 2. The number of benzene rings is 1. The van der Waals surface area contributed by atoms with E-state index in [0.29, 0.717) is 24.4 Å². The van der Waals surface area contributed by atoms with Crippen molar-refractivity contribution >= 4 is 17.5 Å². The Bertz CT molecular complexity index is 525. The highest BCUT2D eigenvalue weighted by molar-refractivity contribution is 6.30.